The van der Waals surface area contributed by atoms with Crippen LogP contribution >= 0.6 is 0 Å². The third kappa shape index (κ3) is 1.98. The van der Waals surface area contributed by atoms with Gasteiger partial charge in [0.2, 0.25) is 0 Å². The lowest BCUT2D eigenvalue weighted by atomic mass is 9.98. The van der Waals surface area contributed by atoms with E-state index in [0.717, 1.165) is 0 Å². The van der Waals surface area contributed by atoms with Gasteiger partial charge in [-0.05, 0) is 0 Å². The van der Waals surface area contributed by atoms with E-state index in [9.17, 15) is 10.2 Å². The summed E-state index contributed by atoms with van der Waals surface area (Å²) < 4.78 is 9.82. The number of nitrogens with two attached hydrogens (primary N) is 1. The van der Waals surface area contributed by atoms with Crippen LogP contribution in [-0.4, -0.2) is 59.7 Å². The van der Waals surface area contributed by atoms with E-state index < -0.39 is 30.6 Å². The fourth-order valence-electron chi connectivity index (χ4n) is 1.39. The molecule has 1 saturated heterocycles. The predicted molar refractivity (Wildman–Crippen MR) is 42.7 cm³/mol. The van der Waals surface area contributed by atoms with Gasteiger partial charge in [-0.1, -0.05) is 0 Å². The van der Waals surface area contributed by atoms with Crippen LogP contribution < -0.4 is 5.73 Å². The molecule has 0 saturated carbocycles. The molecule has 1 heterocycles. The van der Waals surface area contributed by atoms with E-state index in [-0.39, 0.29) is 6.61 Å². The summed E-state index contributed by atoms with van der Waals surface area (Å²) in [6, 6.07) is -0.909. The van der Waals surface area contributed by atoms with Gasteiger partial charge in [0.05, 0.1) is 12.6 Å². The molecule has 1 fully saturated rings. The Morgan fingerprint density at radius 1 is 1.46 bits per heavy atom. The Kier molecular flexibility index (Phi) is 3.60. The van der Waals surface area contributed by atoms with E-state index >= 15 is 0 Å². The van der Waals surface area contributed by atoms with E-state index in [1.165, 1.54) is 7.11 Å². The standard InChI is InChI=1S/C7H15NO5/c1-12-6-3(2-9)13-7(11)4(8)5(6)10/h3-7,9-11H,2,8H2,1H3/t3?,4?,5-,6-,7-/m1/s1. The second kappa shape index (κ2) is 4.32. The highest BCUT2D eigenvalue weighted by Crippen LogP contribution is 2.20. The lowest BCUT2D eigenvalue weighted by Crippen LogP contribution is -2.62. The maximum Gasteiger partial charge on any atom is 0.173 e. The van der Waals surface area contributed by atoms with Crippen molar-refractivity contribution in [3.05, 3.63) is 0 Å². The highest BCUT2D eigenvalue weighted by molar-refractivity contribution is 4.91. The third-order valence-corrected chi connectivity index (χ3v) is 2.19. The Morgan fingerprint density at radius 3 is 2.54 bits per heavy atom. The van der Waals surface area contributed by atoms with Gasteiger partial charge in [0.1, 0.15) is 18.3 Å². The summed E-state index contributed by atoms with van der Waals surface area (Å²) in [5.41, 5.74) is 5.42. The molecule has 0 aromatic rings. The van der Waals surface area contributed by atoms with Crippen molar-refractivity contribution in [2.45, 2.75) is 30.6 Å². The Balaban J connectivity index is 2.69. The Bertz CT molecular complexity index is 165. The molecule has 1 aliphatic rings. The summed E-state index contributed by atoms with van der Waals surface area (Å²) >= 11 is 0. The first-order chi connectivity index (χ1) is 6.11. The third-order valence-electron chi connectivity index (χ3n) is 2.19. The van der Waals surface area contributed by atoms with Gasteiger partial charge in [-0.2, -0.15) is 0 Å². The minimum atomic E-state index is -1.27. The van der Waals surface area contributed by atoms with Gasteiger partial charge in [0, 0.05) is 7.11 Å². The highest BCUT2D eigenvalue weighted by Gasteiger charge is 2.42. The molecule has 0 aliphatic carbocycles. The van der Waals surface area contributed by atoms with Crippen molar-refractivity contribution in [1.29, 1.82) is 0 Å². The number of methoxy groups -OCH3 is 1. The topological polar surface area (TPSA) is 105 Å². The molecule has 2 unspecified atom stereocenters. The van der Waals surface area contributed by atoms with Crippen LogP contribution in [0.15, 0.2) is 0 Å². The summed E-state index contributed by atoms with van der Waals surface area (Å²) in [6.07, 6.45) is -3.75. The normalized spacial score (nSPS) is 46.4. The molecule has 0 spiro atoms. The van der Waals surface area contributed by atoms with Crippen molar-refractivity contribution >= 4 is 0 Å². The molecule has 1 rings (SSSR count). The van der Waals surface area contributed by atoms with E-state index in [4.69, 9.17) is 20.3 Å². The zero-order valence-corrected chi connectivity index (χ0v) is 7.33. The highest BCUT2D eigenvalue weighted by atomic mass is 16.6. The minimum Gasteiger partial charge on any atom is -0.394 e. The quantitative estimate of drug-likeness (QED) is 0.383. The molecule has 0 bridgehead atoms. The number of aliphatic hydroxyl groups excluding tert-OH is 3. The molecule has 0 amide bonds. The average Bonchev–Trinajstić information content (AvgIpc) is 2.13. The molecule has 0 aromatic heterocycles. The fourth-order valence-corrected chi connectivity index (χ4v) is 1.39. The summed E-state index contributed by atoms with van der Waals surface area (Å²) in [4.78, 5) is 0. The molecule has 5 atom stereocenters. The number of hydrogen-bond donors (Lipinski definition) is 4. The van der Waals surface area contributed by atoms with Crippen LogP contribution in [0.25, 0.3) is 0 Å². The zero-order valence-electron chi connectivity index (χ0n) is 7.33. The first-order valence-electron chi connectivity index (χ1n) is 4.02. The zero-order chi connectivity index (χ0) is 10.0. The van der Waals surface area contributed by atoms with Gasteiger partial charge in [0.15, 0.2) is 6.29 Å². The second-order valence-corrected chi connectivity index (χ2v) is 3.02. The minimum absolute atomic E-state index is 0.334. The predicted octanol–water partition coefficient (Wildman–Crippen LogP) is -2.60. The summed E-state index contributed by atoms with van der Waals surface area (Å²) in [6.45, 7) is -0.334. The first-order valence-corrected chi connectivity index (χ1v) is 4.02. The van der Waals surface area contributed by atoms with E-state index in [0.29, 0.717) is 0 Å². The number of aliphatic hydroxyl groups is 3. The molecule has 5 N–H and O–H groups in total. The van der Waals surface area contributed by atoms with Crippen molar-refractivity contribution in [1.82, 2.24) is 0 Å². The fraction of sp³-hybridized carbons (Fsp3) is 1.00. The van der Waals surface area contributed by atoms with Crippen LogP contribution in [0.4, 0.5) is 0 Å². The Morgan fingerprint density at radius 2 is 2.08 bits per heavy atom. The second-order valence-electron chi connectivity index (χ2n) is 3.02. The molecule has 6 nitrogen and oxygen atoms in total. The van der Waals surface area contributed by atoms with Crippen molar-refractivity contribution in [3.8, 4) is 0 Å². The average molecular weight is 193 g/mol. The van der Waals surface area contributed by atoms with E-state index in [1.54, 1.807) is 0 Å². The monoisotopic (exact) mass is 193 g/mol. The van der Waals surface area contributed by atoms with Gasteiger partial charge in [-0.15, -0.1) is 0 Å². The Hall–Kier alpha value is -0.240. The van der Waals surface area contributed by atoms with Crippen LogP contribution in [0.5, 0.6) is 0 Å². The van der Waals surface area contributed by atoms with Gasteiger partial charge < -0.3 is 30.5 Å². The summed E-state index contributed by atoms with van der Waals surface area (Å²) in [5.74, 6) is 0. The largest absolute Gasteiger partial charge is 0.394 e. The molecule has 6 heteroatoms. The van der Waals surface area contributed by atoms with E-state index in [1.807, 2.05) is 0 Å². The maximum absolute atomic E-state index is 9.51. The van der Waals surface area contributed by atoms with E-state index in [2.05, 4.69) is 0 Å². The maximum atomic E-state index is 9.51. The summed E-state index contributed by atoms with van der Waals surface area (Å²) in [5, 5.41) is 27.5. The Labute approximate surface area is 75.9 Å². The van der Waals surface area contributed by atoms with Gasteiger partial charge >= 0.3 is 0 Å². The smallest absolute Gasteiger partial charge is 0.173 e. The number of rotatable bonds is 2. The van der Waals surface area contributed by atoms with Gasteiger partial charge in [-0.3, -0.25) is 0 Å². The van der Waals surface area contributed by atoms with Crippen molar-refractivity contribution in [2.24, 2.45) is 5.73 Å². The lowest BCUT2D eigenvalue weighted by molar-refractivity contribution is -0.254. The molecule has 78 valence electrons. The molecular weight excluding hydrogens is 178 g/mol. The lowest BCUT2D eigenvalue weighted by Gasteiger charge is -2.39. The van der Waals surface area contributed by atoms with Gasteiger partial charge in [-0.25, -0.2) is 0 Å². The molecule has 0 radical (unpaired) electrons. The van der Waals surface area contributed by atoms with Crippen molar-refractivity contribution < 1.29 is 24.8 Å². The van der Waals surface area contributed by atoms with Crippen LogP contribution in [-0.2, 0) is 9.47 Å². The SMILES string of the molecule is CO[C@@H]1C(CO)O[C@@H](O)C(N)[C@H]1O. The first kappa shape index (κ1) is 10.8. The molecular formula is C7H15NO5. The van der Waals surface area contributed by atoms with Crippen LogP contribution in [0.3, 0.4) is 0 Å². The van der Waals surface area contributed by atoms with Crippen molar-refractivity contribution in [2.75, 3.05) is 13.7 Å². The number of ether oxygens (including phenoxy) is 2. The molecule has 0 aromatic carbocycles. The number of hydrogen-bond acceptors (Lipinski definition) is 6. The van der Waals surface area contributed by atoms with Crippen LogP contribution in [0.1, 0.15) is 0 Å². The molecule has 1 aliphatic heterocycles. The summed E-state index contributed by atoms with van der Waals surface area (Å²) in [7, 11) is 1.38. The van der Waals surface area contributed by atoms with Crippen molar-refractivity contribution in [3.63, 3.8) is 0 Å². The van der Waals surface area contributed by atoms with Crippen LogP contribution in [0, 0.1) is 0 Å². The van der Waals surface area contributed by atoms with Gasteiger partial charge in [0.25, 0.3) is 0 Å². The van der Waals surface area contributed by atoms with Crippen LogP contribution in [0.2, 0.25) is 0 Å². The molecule has 13 heavy (non-hydrogen) atoms.